The summed E-state index contributed by atoms with van der Waals surface area (Å²) in [6.45, 7) is 8.94. The van der Waals surface area contributed by atoms with Crippen molar-refractivity contribution in [3.8, 4) is 0 Å². The van der Waals surface area contributed by atoms with Crippen LogP contribution in [0.1, 0.15) is 50.6 Å². The van der Waals surface area contributed by atoms with Gasteiger partial charge in [0.25, 0.3) is 11.5 Å². The monoisotopic (exact) mass is 591 g/mol. The van der Waals surface area contributed by atoms with Crippen molar-refractivity contribution in [2.45, 2.75) is 46.2 Å². The normalized spacial score (nSPS) is 17.1. The second kappa shape index (κ2) is 12.1. The van der Waals surface area contributed by atoms with Crippen molar-refractivity contribution < 1.29 is 4.79 Å². The van der Waals surface area contributed by atoms with Gasteiger partial charge in [0.1, 0.15) is 0 Å². The highest BCUT2D eigenvalue weighted by molar-refractivity contribution is 7.80. The number of carbonyl (C=O) groups is 1. The van der Waals surface area contributed by atoms with E-state index >= 15 is 0 Å². The predicted octanol–water partition coefficient (Wildman–Crippen LogP) is 6.14. The number of pyridine rings is 1. The predicted molar refractivity (Wildman–Crippen MR) is 178 cm³/mol. The van der Waals surface area contributed by atoms with E-state index in [1.807, 2.05) is 60.0 Å². The second-order valence-corrected chi connectivity index (χ2v) is 12.4. The van der Waals surface area contributed by atoms with E-state index in [0.29, 0.717) is 23.1 Å². The number of fused-ring (bicyclic) bond motifs is 4. The third-order valence-electron chi connectivity index (χ3n) is 8.38. The van der Waals surface area contributed by atoms with Gasteiger partial charge in [-0.3, -0.25) is 9.59 Å². The van der Waals surface area contributed by atoms with Gasteiger partial charge >= 0.3 is 0 Å². The van der Waals surface area contributed by atoms with Crippen molar-refractivity contribution in [1.29, 1.82) is 0 Å². The number of amides is 1. The molecular formula is C35H37N5O2S. The van der Waals surface area contributed by atoms with E-state index in [-0.39, 0.29) is 17.4 Å². The molecule has 2 aliphatic heterocycles. The number of hydrogen-bond donors (Lipinski definition) is 3. The zero-order chi connectivity index (χ0) is 30.1. The Balaban J connectivity index is 1.27. The average Bonchev–Trinajstić information content (AvgIpc) is 2.96. The molecule has 1 saturated heterocycles. The zero-order valence-corrected chi connectivity index (χ0v) is 25.6. The van der Waals surface area contributed by atoms with Crippen molar-refractivity contribution in [3.63, 3.8) is 0 Å². The number of aryl methyl sites for hydroxylation is 3. The van der Waals surface area contributed by atoms with E-state index < -0.39 is 0 Å². The summed E-state index contributed by atoms with van der Waals surface area (Å²) in [5.41, 5.74) is 8.94. The van der Waals surface area contributed by atoms with Crippen LogP contribution < -0.4 is 26.4 Å². The molecular weight excluding hydrogens is 554 g/mol. The molecule has 2 aliphatic rings. The fourth-order valence-electron chi connectivity index (χ4n) is 6.47. The number of aromatic nitrogens is 1. The number of carbonyl (C=O) groups excluding carboxylic acids is 1. The Labute approximate surface area is 257 Å². The molecule has 3 heterocycles. The van der Waals surface area contributed by atoms with Crippen molar-refractivity contribution >= 4 is 40.3 Å². The lowest BCUT2D eigenvalue weighted by molar-refractivity contribution is 0.0951. The van der Waals surface area contributed by atoms with Crippen LogP contribution in [-0.2, 0) is 13.1 Å². The Morgan fingerprint density at radius 1 is 0.860 bits per heavy atom. The molecule has 0 aliphatic carbocycles. The van der Waals surface area contributed by atoms with E-state index in [1.165, 1.54) is 5.56 Å². The molecule has 0 spiro atoms. The first-order valence-corrected chi connectivity index (χ1v) is 15.2. The van der Waals surface area contributed by atoms with Crippen molar-refractivity contribution in [2.75, 3.05) is 28.6 Å². The number of benzene rings is 3. The van der Waals surface area contributed by atoms with Gasteiger partial charge in [-0.1, -0.05) is 42.0 Å². The van der Waals surface area contributed by atoms with Crippen LogP contribution in [0.2, 0.25) is 0 Å². The highest BCUT2D eigenvalue weighted by atomic mass is 32.1. The molecule has 3 aromatic carbocycles. The molecule has 8 heteroatoms. The van der Waals surface area contributed by atoms with Crippen molar-refractivity contribution in [2.24, 2.45) is 5.92 Å². The lowest BCUT2D eigenvalue weighted by atomic mass is 9.83. The Morgan fingerprint density at radius 2 is 1.63 bits per heavy atom. The second-order valence-electron chi connectivity index (χ2n) is 12.0. The fourth-order valence-corrected chi connectivity index (χ4v) is 6.70. The Bertz CT molecular complexity index is 1730. The maximum atomic E-state index is 13.3. The van der Waals surface area contributed by atoms with E-state index in [9.17, 15) is 9.59 Å². The standard InChI is InChI=1S/C35H37N5O2S/c1-22-7-9-25(10-8-22)18-36-34(42)27-11-12-32(30(17-27)38-35(43)37-29-14-23(2)13-24(3)15-29)39-19-26-16-28(21-39)31-5-4-6-33(41)40(31)20-26/h4-15,17,26,28H,16,18-21H2,1-3H3,(H,36,42)(H2,37,38,43)/t26-,28+/m1/s1. The van der Waals surface area contributed by atoms with E-state index in [1.54, 1.807) is 6.07 Å². The van der Waals surface area contributed by atoms with Crippen LogP contribution in [0, 0.1) is 26.7 Å². The minimum absolute atomic E-state index is 0.0758. The SMILES string of the molecule is Cc1ccc(CNC(=O)c2ccc(N3C[C@H]4C[C@@H](C3)c3cccc(=O)n3C4)c(NC(=S)Nc3cc(C)cc(C)c3)c2)cc1. The Morgan fingerprint density at radius 3 is 2.40 bits per heavy atom. The maximum Gasteiger partial charge on any atom is 0.251 e. The lowest BCUT2D eigenvalue weighted by Crippen LogP contribution is -2.47. The number of rotatable bonds is 6. The molecule has 0 saturated carbocycles. The summed E-state index contributed by atoms with van der Waals surface area (Å²) in [7, 11) is 0. The molecule has 3 N–H and O–H groups in total. The van der Waals surface area contributed by atoms with Crippen LogP contribution in [0.3, 0.4) is 0 Å². The van der Waals surface area contributed by atoms with Gasteiger partial charge < -0.3 is 25.4 Å². The summed E-state index contributed by atoms with van der Waals surface area (Å²) < 4.78 is 1.94. The smallest absolute Gasteiger partial charge is 0.251 e. The molecule has 1 aromatic heterocycles. The molecule has 1 fully saturated rings. The van der Waals surface area contributed by atoms with Crippen LogP contribution in [0.15, 0.2) is 83.7 Å². The number of hydrogen-bond acceptors (Lipinski definition) is 4. The van der Waals surface area contributed by atoms with Gasteiger partial charge in [0.05, 0.1) is 11.4 Å². The van der Waals surface area contributed by atoms with Crippen LogP contribution in [0.5, 0.6) is 0 Å². The van der Waals surface area contributed by atoms with Gasteiger partial charge in [-0.2, -0.15) is 0 Å². The first-order valence-electron chi connectivity index (χ1n) is 14.8. The quantitative estimate of drug-likeness (QED) is 0.234. The minimum Gasteiger partial charge on any atom is -0.369 e. The first-order chi connectivity index (χ1) is 20.7. The molecule has 0 unspecified atom stereocenters. The first kappa shape index (κ1) is 28.7. The molecule has 6 rings (SSSR count). The molecule has 1 amide bonds. The average molecular weight is 592 g/mol. The summed E-state index contributed by atoms with van der Waals surface area (Å²) in [5.74, 6) is 0.469. The number of anilines is 3. The Hall–Kier alpha value is -4.43. The number of thiocarbonyl (C=S) groups is 1. The number of nitrogens with zero attached hydrogens (tertiary/aromatic N) is 2. The van der Waals surface area contributed by atoms with E-state index in [0.717, 1.165) is 65.5 Å². The third kappa shape index (κ3) is 6.49. The summed E-state index contributed by atoms with van der Waals surface area (Å²) in [6.07, 6.45) is 1.06. The minimum atomic E-state index is -0.146. The zero-order valence-electron chi connectivity index (χ0n) is 24.8. The molecule has 0 radical (unpaired) electrons. The fraction of sp³-hybridized carbons (Fsp3) is 0.286. The summed E-state index contributed by atoms with van der Waals surface area (Å²) >= 11 is 5.77. The van der Waals surface area contributed by atoms with E-state index in [2.05, 4.69) is 59.0 Å². The topological polar surface area (TPSA) is 78.4 Å². The molecule has 43 heavy (non-hydrogen) atoms. The molecule has 7 nitrogen and oxygen atoms in total. The molecule has 2 atom stereocenters. The number of nitrogens with one attached hydrogen (secondary N) is 3. The van der Waals surface area contributed by atoms with Gasteiger partial charge in [0, 0.05) is 55.1 Å². The van der Waals surface area contributed by atoms with Crippen LogP contribution in [-0.4, -0.2) is 28.7 Å². The van der Waals surface area contributed by atoms with Gasteiger partial charge in [-0.05, 0) is 98.4 Å². The maximum absolute atomic E-state index is 13.3. The summed E-state index contributed by atoms with van der Waals surface area (Å²) in [5, 5.41) is 10.2. The van der Waals surface area contributed by atoms with E-state index in [4.69, 9.17) is 12.2 Å². The van der Waals surface area contributed by atoms with Crippen molar-refractivity contribution in [1.82, 2.24) is 9.88 Å². The highest BCUT2D eigenvalue weighted by Crippen LogP contribution is 2.39. The van der Waals surface area contributed by atoms with Gasteiger partial charge in [-0.15, -0.1) is 0 Å². The number of piperidine rings is 1. The molecule has 220 valence electrons. The van der Waals surface area contributed by atoms with Gasteiger partial charge in [0.2, 0.25) is 0 Å². The summed E-state index contributed by atoms with van der Waals surface area (Å²) in [4.78, 5) is 28.2. The van der Waals surface area contributed by atoms with Crippen LogP contribution >= 0.6 is 12.2 Å². The van der Waals surface area contributed by atoms with Crippen LogP contribution in [0.25, 0.3) is 0 Å². The van der Waals surface area contributed by atoms with Gasteiger partial charge in [-0.25, -0.2) is 0 Å². The lowest BCUT2D eigenvalue weighted by Gasteiger charge is -2.44. The third-order valence-corrected chi connectivity index (χ3v) is 8.58. The highest BCUT2D eigenvalue weighted by Gasteiger charge is 2.35. The molecule has 2 bridgehead atoms. The Kier molecular flexibility index (Phi) is 8.04. The largest absolute Gasteiger partial charge is 0.369 e. The molecule has 4 aromatic rings. The van der Waals surface area contributed by atoms with Crippen LogP contribution in [0.4, 0.5) is 17.1 Å². The van der Waals surface area contributed by atoms with Crippen molar-refractivity contribution in [3.05, 3.63) is 123 Å². The van der Waals surface area contributed by atoms with Gasteiger partial charge in [0.15, 0.2) is 5.11 Å². The summed E-state index contributed by atoms with van der Waals surface area (Å²) in [6, 6.07) is 25.8.